The average Bonchev–Trinajstić information content (AvgIpc) is 3.38. The van der Waals surface area contributed by atoms with Gasteiger partial charge in [-0.3, -0.25) is 0 Å². The molecular formula is C27H20Cl2Hf. The predicted molar refractivity (Wildman–Crippen MR) is 119 cm³/mol. The maximum atomic E-state index is 4.92. The van der Waals surface area contributed by atoms with Crippen molar-refractivity contribution in [2.45, 2.75) is 7.35 Å². The van der Waals surface area contributed by atoms with Crippen molar-refractivity contribution in [1.29, 1.82) is 0 Å². The van der Waals surface area contributed by atoms with E-state index in [-0.39, 0.29) is 24.8 Å². The molecule has 0 aromatic heterocycles. The Labute approximate surface area is 197 Å². The zero-order chi connectivity index (χ0) is 18.7. The maximum Gasteiger partial charge on any atom is -1.00 e. The Kier molecular flexibility index (Phi) is 5.99. The van der Waals surface area contributed by atoms with Crippen LogP contribution >= 0.6 is 0 Å². The third-order valence-corrected chi connectivity index (χ3v) is 15.6. The molecule has 30 heavy (non-hydrogen) atoms. The van der Waals surface area contributed by atoms with Crippen LogP contribution in [0.2, 0.25) is 0 Å². The van der Waals surface area contributed by atoms with Crippen LogP contribution in [0, 0.1) is 0 Å². The molecule has 0 heterocycles. The molecule has 4 aromatic carbocycles. The van der Waals surface area contributed by atoms with E-state index in [0.717, 1.165) is 0 Å². The van der Waals surface area contributed by atoms with Gasteiger partial charge in [0.05, 0.1) is 0 Å². The fraction of sp³-hybridized carbons (Fsp3) is 0.0741. The molecule has 2 aliphatic carbocycles. The first kappa shape index (κ1) is 21.4. The summed E-state index contributed by atoms with van der Waals surface area (Å²) in [5.74, 6) is 0. The number of halogens is 2. The van der Waals surface area contributed by atoms with Crippen molar-refractivity contribution < 1.29 is 45.8 Å². The Morgan fingerprint density at radius 3 is 1.47 bits per heavy atom. The molecule has 0 radical (unpaired) electrons. The molecule has 2 unspecified atom stereocenters. The van der Waals surface area contributed by atoms with Gasteiger partial charge in [0.2, 0.25) is 0 Å². The van der Waals surface area contributed by atoms with Crippen LogP contribution in [0.5, 0.6) is 0 Å². The SMILES string of the molecule is [CH2]=[Hf+2]([CH]1C=Cc2ccc3ccccc3c21)[CH]1C=Cc2ccc3ccccc3c21.[Cl-].[Cl-]. The number of hydrogen-bond donors (Lipinski definition) is 0. The van der Waals surface area contributed by atoms with Crippen molar-refractivity contribution in [2.24, 2.45) is 0 Å². The average molecular weight is 594 g/mol. The Balaban J connectivity index is 0.00000109. The summed E-state index contributed by atoms with van der Waals surface area (Å²) in [5.41, 5.74) is 5.87. The third kappa shape index (κ3) is 3.19. The van der Waals surface area contributed by atoms with Gasteiger partial charge in [0.1, 0.15) is 0 Å². The summed E-state index contributed by atoms with van der Waals surface area (Å²) in [6.45, 7) is 0. The minimum absolute atomic E-state index is 0. The summed E-state index contributed by atoms with van der Waals surface area (Å²) in [6, 6.07) is 26.8. The zero-order valence-electron chi connectivity index (χ0n) is 16.4. The van der Waals surface area contributed by atoms with Crippen molar-refractivity contribution in [3.05, 3.63) is 107 Å². The van der Waals surface area contributed by atoms with Gasteiger partial charge in [-0.15, -0.1) is 0 Å². The number of allylic oxidation sites excluding steroid dienone is 2. The second-order valence-corrected chi connectivity index (χ2v) is 16.4. The zero-order valence-corrected chi connectivity index (χ0v) is 21.5. The van der Waals surface area contributed by atoms with E-state index in [0.29, 0.717) is 7.35 Å². The van der Waals surface area contributed by atoms with Crippen LogP contribution in [0.4, 0.5) is 0 Å². The van der Waals surface area contributed by atoms with Gasteiger partial charge >= 0.3 is 173 Å². The van der Waals surface area contributed by atoms with Crippen molar-refractivity contribution in [1.82, 2.24) is 0 Å². The first-order valence-corrected chi connectivity index (χ1v) is 16.6. The van der Waals surface area contributed by atoms with Crippen molar-refractivity contribution in [3.8, 4) is 0 Å². The van der Waals surface area contributed by atoms with E-state index in [2.05, 4.69) is 97.1 Å². The van der Waals surface area contributed by atoms with E-state index in [9.17, 15) is 0 Å². The summed E-state index contributed by atoms with van der Waals surface area (Å²) in [7, 11) is 0. The third-order valence-electron chi connectivity index (χ3n) is 6.37. The number of fused-ring (bicyclic) bond motifs is 6. The number of rotatable bonds is 2. The first-order chi connectivity index (χ1) is 13.8. The monoisotopic (exact) mass is 594 g/mol. The summed E-state index contributed by atoms with van der Waals surface area (Å²) in [5, 5.41) is 5.53. The van der Waals surface area contributed by atoms with Crippen LogP contribution in [0.3, 0.4) is 0 Å². The molecule has 0 aliphatic heterocycles. The van der Waals surface area contributed by atoms with Gasteiger partial charge in [0.15, 0.2) is 0 Å². The quantitative estimate of drug-likeness (QED) is 0.303. The van der Waals surface area contributed by atoms with Crippen molar-refractivity contribution in [2.75, 3.05) is 0 Å². The van der Waals surface area contributed by atoms with E-state index >= 15 is 0 Å². The van der Waals surface area contributed by atoms with Crippen LogP contribution in [-0.2, 0) is 21.0 Å². The topological polar surface area (TPSA) is 0 Å². The molecule has 4 aromatic rings. The second-order valence-electron chi connectivity index (χ2n) is 7.83. The van der Waals surface area contributed by atoms with E-state index < -0.39 is 21.0 Å². The summed E-state index contributed by atoms with van der Waals surface area (Å²) in [6.07, 6.45) is 9.60. The molecular weight excluding hydrogens is 574 g/mol. The smallest absolute Gasteiger partial charge is 1.00 e. The Hall–Kier alpha value is -1.80. The molecule has 0 saturated heterocycles. The van der Waals surface area contributed by atoms with Crippen LogP contribution in [0.15, 0.2) is 84.9 Å². The van der Waals surface area contributed by atoms with E-state index in [1.165, 1.54) is 43.8 Å². The summed E-state index contributed by atoms with van der Waals surface area (Å²) < 4.78 is 6.02. The molecule has 0 nitrogen and oxygen atoms in total. The normalized spacial score (nSPS) is 17.7. The predicted octanol–water partition coefficient (Wildman–Crippen LogP) is 0.887. The molecule has 6 rings (SSSR count). The number of benzene rings is 4. The molecule has 0 saturated carbocycles. The molecule has 0 spiro atoms. The van der Waals surface area contributed by atoms with Crippen LogP contribution < -0.4 is 24.8 Å². The largest absolute Gasteiger partial charge is 1.00 e. The number of hydrogen-bond acceptors (Lipinski definition) is 0. The van der Waals surface area contributed by atoms with Gasteiger partial charge in [-0.25, -0.2) is 0 Å². The van der Waals surface area contributed by atoms with Gasteiger partial charge in [0.25, 0.3) is 0 Å². The van der Waals surface area contributed by atoms with Gasteiger partial charge < -0.3 is 24.8 Å². The fourth-order valence-electron chi connectivity index (χ4n) is 5.01. The van der Waals surface area contributed by atoms with Crippen molar-refractivity contribution in [3.63, 3.8) is 0 Å². The molecule has 0 N–H and O–H groups in total. The minimum Gasteiger partial charge on any atom is -1.00 e. The Morgan fingerprint density at radius 2 is 1.00 bits per heavy atom. The van der Waals surface area contributed by atoms with Crippen LogP contribution in [-0.4, -0.2) is 4.26 Å². The Morgan fingerprint density at radius 1 is 0.567 bits per heavy atom. The summed E-state index contributed by atoms with van der Waals surface area (Å²) >= 11 is -2.31. The van der Waals surface area contributed by atoms with Crippen LogP contribution in [0.1, 0.15) is 29.6 Å². The maximum absolute atomic E-state index is 4.92. The van der Waals surface area contributed by atoms with Gasteiger partial charge in [-0.2, -0.15) is 0 Å². The van der Waals surface area contributed by atoms with Gasteiger partial charge in [0, 0.05) is 0 Å². The van der Waals surface area contributed by atoms with E-state index in [4.69, 9.17) is 4.26 Å². The van der Waals surface area contributed by atoms with Gasteiger partial charge in [-0.05, 0) is 0 Å². The van der Waals surface area contributed by atoms with Crippen LogP contribution in [0.25, 0.3) is 33.7 Å². The summed E-state index contributed by atoms with van der Waals surface area (Å²) in [4.78, 5) is 0. The van der Waals surface area contributed by atoms with Gasteiger partial charge in [-0.1, -0.05) is 0 Å². The molecule has 3 heteroatoms. The first-order valence-electron chi connectivity index (χ1n) is 9.90. The molecule has 146 valence electrons. The second kappa shape index (κ2) is 8.38. The van der Waals surface area contributed by atoms with E-state index in [1.807, 2.05) is 0 Å². The Bertz CT molecular complexity index is 1250. The minimum atomic E-state index is -2.31. The fourth-order valence-corrected chi connectivity index (χ4v) is 13.9. The van der Waals surface area contributed by atoms with E-state index in [1.54, 1.807) is 0 Å². The molecule has 0 fully saturated rings. The standard InChI is InChI=1S/2C13H9.CH2.2ClH.Hf/c2*1-2-6-12-10(4-1)8-9-11-5-3-7-13(11)12;;;;/h2*1-9H;1H2;2*1H;/q;;;;;+2/p-2. The van der Waals surface area contributed by atoms with Crippen molar-refractivity contribution >= 4 is 38.0 Å². The molecule has 2 atom stereocenters. The molecule has 0 amide bonds. The molecule has 2 aliphatic rings. The molecule has 0 bridgehead atoms.